The number of hydrogen-bond donors (Lipinski definition) is 3. The lowest BCUT2D eigenvalue weighted by molar-refractivity contribution is -0.139. The van der Waals surface area contributed by atoms with Crippen LogP contribution < -0.4 is 10.6 Å². The number of aromatic nitrogens is 1. The van der Waals surface area contributed by atoms with E-state index in [0.717, 1.165) is 16.5 Å². The summed E-state index contributed by atoms with van der Waals surface area (Å²) in [6.45, 7) is 0.233. The summed E-state index contributed by atoms with van der Waals surface area (Å²) in [6, 6.07) is 15.8. The Bertz CT molecular complexity index is 1020. The molecule has 7 heteroatoms. The second kappa shape index (κ2) is 8.84. The number of carbonyl (C=O) groups is 2. The zero-order chi connectivity index (χ0) is 19.9. The minimum atomic E-state index is -0.753. The zero-order valence-corrected chi connectivity index (χ0v) is 15.4. The maximum absolute atomic E-state index is 12.8. The molecular weight excluding hydrogens is 356 g/mol. The van der Waals surface area contributed by atoms with Crippen molar-refractivity contribution in [2.45, 2.75) is 12.6 Å². The molecule has 3 N–H and O–H groups in total. The van der Waals surface area contributed by atoms with E-state index in [1.165, 1.54) is 7.11 Å². The quantitative estimate of drug-likeness (QED) is 0.548. The molecule has 0 saturated heterocycles. The molecule has 1 unspecified atom stereocenters. The largest absolute Gasteiger partial charge is 0.468 e. The summed E-state index contributed by atoms with van der Waals surface area (Å²) in [6.07, 6.45) is 1.86. The molecule has 28 heavy (non-hydrogen) atoms. The number of amides is 1. The molecule has 1 amide bonds. The lowest BCUT2D eigenvalue weighted by Gasteiger charge is -2.18. The number of nitriles is 1. The lowest BCUT2D eigenvalue weighted by Crippen LogP contribution is -2.39. The van der Waals surface area contributed by atoms with Crippen LogP contribution in [-0.2, 0) is 20.9 Å². The predicted octanol–water partition coefficient (Wildman–Crippen LogP) is 2.16. The van der Waals surface area contributed by atoms with Gasteiger partial charge in [0.25, 0.3) is 0 Å². The molecule has 3 rings (SSSR count). The molecule has 1 atom stereocenters. The van der Waals surface area contributed by atoms with Gasteiger partial charge >= 0.3 is 5.97 Å². The van der Waals surface area contributed by atoms with E-state index in [-0.39, 0.29) is 12.5 Å². The minimum absolute atomic E-state index is 0.109. The van der Waals surface area contributed by atoms with Crippen molar-refractivity contribution in [1.29, 1.82) is 5.26 Å². The van der Waals surface area contributed by atoms with Gasteiger partial charge in [-0.05, 0) is 29.3 Å². The molecule has 0 aliphatic rings. The van der Waals surface area contributed by atoms with Gasteiger partial charge in [-0.1, -0.05) is 30.3 Å². The number of carbonyl (C=O) groups excluding carboxylic acids is 2. The van der Waals surface area contributed by atoms with Crippen molar-refractivity contribution < 1.29 is 14.3 Å². The number of nitrogens with one attached hydrogen (secondary N) is 3. The van der Waals surface area contributed by atoms with E-state index in [9.17, 15) is 9.59 Å². The number of ether oxygens (including phenoxy) is 1. The molecule has 0 radical (unpaired) electrons. The van der Waals surface area contributed by atoms with Gasteiger partial charge in [-0.3, -0.25) is 14.9 Å². The topological polar surface area (TPSA) is 107 Å². The number of para-hydroxylation sites is 1. The van der Waals surface area contributed by atoms with Gasteiger partial charge in [0.15, 0.2) is 0 Å². The van der Waals surface area contributed by atoms with Gasteiger partial charge in [-0.15, -0.1) is 0 Å². The normalized spacial score (nSPS) is 11.6. The summed E-state index contributed by atoms with van der Waals surface area (Å²) in [7, 11) is 1.29. The van der Waals surface area contributed by atoms with Crippen LogP contribution in [0.4, 0.5) is 0 Å². The second-order valence-electron chi connectivity index (χ2n) is 6.20. The Morgan fingerprint density at radius 1 is 1.18 bits per heavy atom. The third-order valence-electron chi connectivity index (χ3n) is 4.44. The van der Waals surface area contributed by atoms with E-state index >= 15 is 0 Å². The summed E-state index contributed by atoms with van der Waals surface area (Å²) in [5.41, 5.74) is 3.11. The molecule has 142 valence electrons. The monoisotopic (exact) mass is 376 g/mol. The number of rotatable bonds is 7. The van der Waals surface area contributed by atoms with Crippen LogP contribution in [0.2, 0.25) is 0 Å². The van der Waals surface area contributed by atoms with E-state index in [1.54, 1.807) is 24.3 Å². The first kappa shape index (κ1) is 19.1. The van der Waals surface area contributed by atoms with Crippen LogP contribution in [0.5, 0.6) is 0 Å². The number of fused-ring (bicyclic) bond motifs is 1. The van der Waals surface area contributed by atoms with Crippen LogP contribution >= 0.6 is 0 Å². The summed E-state index contributed by atoms with van der Waals surface area (Å²) >= 11 is 0. The zero-order valence-electron chi connectivity index (χ0n) is 15.4. The number of methoxy groups -OCH3 is 1. The van der Waals surface area contributed by atoms with Gasteiger partial charge in [0.2, 0.25) is 5.91 Å². The van der Waals surface area contributed by atoms with Crippen LogP contribution in [0, 0.1) is 11.3 Å². The van der Waals surface area contributed by atoms with E-state index in [0.29, 0.717) is 17.7 Å². The molecule has 0 aliphatic heterocycles. The molecule has 1 aromatic heterocycles. The molecule has 0 bridgehead atoms. The summed E-state index contributed by atoms with van der Waals surface area (Å²) in [5, 5.41) is 15.8. The Hall–Kier alpha value is -3.63. The smallest absolute Gasteiger partial charge is 0.319 e. The molecule has 0 aliphatic carbocycles. The number of nitrogens with zero attached hydrogens (tertiary/aromatic N) is 1. The Morgan fingerprint density at radius 3 is 2.64 bits per heavy atom. The second-order valence-corrected chi connectivity index (χ2v) is 6.20. The molecule has 2 aromatic carbocycles. The molecule has 3 aromatic rings. The third kappa shape index (κ3) is 4.37. The lowest BCUT2D eigenvalue weighted by atomic mass is 10.0. The van der Waals surface area contributed by atoms with Crippen molar-refractivity contribution in [1.82, 2.24) is 15.6 Å². The van der Waals surface area contributed by atoms with Gasteiger partial charge in [0.05, 0.1) is 25.3 Å². The van der Waals surface area contributed by atoms with E-state index in [4.69, 9.17) is 5.26 Å². The van der Waals surface area contributed by atoms with Crippen molar-refractivity contribution in [3.63, 3.8) is 0 Å². The van der Waals surface area contributed by atoms with Crippen molar-refractivity contribution in [3.8, 4) is 6.07 Å². The minimum Gasteiger partial charge on any atom is -0.468 e. The van der Waals surface area contributed by atoms with Crippen LogP contribution in [0.25, 0.3) is 10.9 Å². The summed E-state index contributed by atoms with van der Waals surface area (Å²) < 4.78 is 4.64. The molecule has 0 spiro atoms. The Balaban J connectivity index is 1.75. The van der Waals surface area contributed by atoms with E-state index in [1.807, 2.05) is 36.5 Å². The number of aromatic amines is 1. The first-order valence-corrected chi connectivity index (χ1v) is 8.75. The fourth-order valence-corrected chi connectivity index (χ4v) is 2.93. The van der Waals surface area contributed by atoms with E-state index < -0.39 is 12.0 Å². The average molecular weight is 376 g/mol. The van der Waals surface area contributed by atoms with Crippen molar-refractivity contribution >= 4 is 22.8 Å². The van der Waals surface area contributed by atoms with E-state index in [2.05, 4.69) is 20.4 Å². The van der Waals surface area contributed by atoms with Gasteiger partial charge in [0.1, 0.15) is 6.04 Å². The standard InChI is InChI=1S/C21H20N4O3/c1-28-19(26)13-24-20(15-8-6-14(10-22)7-9-15)21(27)25-12-16-11-23-18-5-3-2-4-17(16)18/h2-9,11,20,23-24H,12-13H2,1H3,(H,25,27). The number of benzene rings is 2. The first-order chi connectivity index (χ1) is 13.6. The van der Waals surface area contributed by atoms with Crippen LogP contribution in [0.15, 0.2) is 54.7 Å². The number of hydrogen-bond acceptors (Lipinski definition) is 5. The Morgan fingerprint density at radius 2 is 1.93 bits per heavy atom. The third-order valence-corrected chi connectivity index (χ3v) is 4.44. The van der Waals surface area contributed by atoms with Crippen LogP contribution in [0.1, 0.15) is 22.7 Å². The highest BCUT2D eigenvalue weighted by atomic mass is 16.5. The molecule has 7 nitrogen and oxygen atoms in total. The SMILES string of the molecule is COC(=O)CNC(C(=O)NCc1c[nH]c2ccccc12)c1ccc(C#N)cc1. The molecular formula is C21H20N4O3. The maximum atomic E-state index is 12.8. The van der Waals surface area contributed by atoms with Crippen LogP contribution in [0.3, 0.4) is 0 Å². The van der Waals surface area contributed by atoms with Gasteiger partial charge in [0, 0.05) is 23.6 Å². The maximum Gasteiger partial charge on any atom is 0.319 e. The fraction of sp³-hybridized carbons (Fsp3) is 0.190. The number of esters is 1. The van der Waals surface area contributed by atoms with Crippen molar-refractivity contribution in [2.24, 2.45) is 0 Å². The van der Waals surface area contributed by atoms with Crippen molar-refractivity contribution in [2.75, 3.05) is 13.7 Å². The average Bonchev–Trinajstić information content (AvgIpc) is 3.15. The highest BCUT2D eigenvalue weighted by Gasteiger charge is 2.21. The number of H-pyrrole nitrogens is 1. The predicted molar refractivity (Wildman–Crippen MR) is 104 cm³/mol. The highest BCUT2D eigenvalue weighted by Crippen LogP contribution is 2.18. The first-order valence-electron chi connectivity index (χ1n) is 8.75. The molecule has 0 fully saturated rings. The van der Waals surface area contributed by atoms with Crippen LogP contribution in [-0.4, -0.2) is 30.5 Å². The fourth-order valence-electron chi connectivity index (χ4n) is 2.93. The Kier molecular flexibility index (Phi) is 6.04. The van der Waals surface area contributed by atoms with Crippen molar-refractivity contribution in [3.05, 3.63) is 71.4 Å². The summed E-state index contributed by atoms with van der Waals surface area (Å²) in [5.74, 6) is -0.748. The molecule has 1 heterocycles. The Labute approximate surface area is 162 Å². The summed E-state index contributed by atoms with van der Waals surface area (Å²) in [4.78, 5) is 27.5. The van der Waals surface area contributed by atoms with Gasteiger partial charge in [-0.25, -0.2) is 0 Å². The molecule has 0 saturated carbocycles. The highest BCUT2D eigenvalue weighted by molar-refractivity contribution is 5.86. The van der Waals surface area contributed by atoms with Gasteiger partial charge < -0.3 is 15.0 Å². The van der Waals surface area contributed by atoms with Gasteiger partial charge in [-0.2, -0.15) is 5.26 Å².